The highest BCUT2D eigenvalue weighted by Crippen LogP contribution is 2.27. The van der Waals surface area contributed by atoms with Gasteiger partial charge in [-0.15, -0.1) is 11.3 Å². The van der Waals surface area contributed by atoms with E-state index in [0.717, 1.165) is 39.0 Å². The lowest BCUT2D eigenvalue weighted by atomic mass is 10.0. The van der Waals surface area contributed by atoms with Gasteiger partial charge in [0.1, 0.15) is 0 Å². The van der Waals surface area contributed by atoms with Crippen LogP contribution in [0.5, 0.6) is 0 Å². The van der Waals surface area contributed by atoms with E-state index in [1.165, 1.54) is 11.1 Å². The molecule has 1 aromatic heterocycles. The molecule has 0 bridgehead atoms. The van der Waals surface area contributed by atoms with Crippen LogP contribution in [0.1, 0.15) is 16.0 Å². The molecule has 0 radical (unpaired) electrons. The zero-order valence-corrected chi connectivity index (χ0v) is 14.6. The lowest BCUT2D eigenvalue weighted by Gasteiger charge is -2.46. The van der Waals surface area contributed by atoms with E-state index in [0.29, 0.717) is 12.6 Å². The first-order valence-corrected chi connectivity index (χ1v) is 9.53. The Bertz CT molecular complexity index is 694. The number of urea groups is 1. The van der Waals surface area contributed by atoms with Crippen LogP contribution in [0.3, 0.4) is 0 Å². The largest absolute Gasteiger partial charge is 0.338 e. The highest BCUT2D eigenvalue weighted by Gasteiger charge is 2.36. The third-order valence-corrected chi connectivity index (χ3v) is 6.06. The van der Waals surface area contributed by atoms with Crippen molar-refractivity contribution >= 4 is 17.4 Å². The maximum Gasteiger partial charge on any atom is 0.317 e. The predicted molar refractivity (Wildman–Crippen MR) is 97.3 cm³/mol. The molecule has 2 aliphatic rings. The number of carbonyl (C=O) groups excluding carboxylic acids is 1. The molecule has 2 aliphatic heterocycles. The summed E-state index contributed by atoms with van der Waals surface area (Å²) < 4.78 is 0. The topological polar surface area (TPSA) is 35.6 Å². The number of hydrogen-bond donors (Lipinski definition) is 1. The SMILES string of the molecule is O=C(NCCc1ccccc1)N1CC(N2CCc3sccc3C2)C1. The molecule has 2 amide bonds. The van der Waals surface area contributed by atoms with E-state index >= 15 is 0 Å². The fourth-order valence-corrected chi connectivity index (χ4v) is 4.39. The van der Waals surface area contributed by atoms with Crippen LogP contribution in [0.2, 0.25) is 0 Å². The molecule has 1 saturated heterocycles. The summed E-state index contributed by atoms with van der Waals surface area (Å²) in [6, 6.07) is 13.1. The van der Waals surface area contributed by atoms with Gasteiger partial charge in [-0.3, -0.25) is 4.90 Å². The van der Waals surface area contributed by atoms with Gasteiger partial charge in [-0.05, 0) is 35.4 Å². The number of nitrogens with one attached hydrogen (secondary N) is 1. The van der Waals surface area contributed by atoms with E-state index in [1.54, 1.807) is 4.88 Å². The minimum Gasteiger partial charge on any atom is -0.338 e. The first-order chi connectivity index (χ1) is 11.8. The van der Waals surface area contributed by atoms with Crippen LogP contribution < -0.4 is 5.32 Å². The van der Waals surface area contributed by atoms with Gasteiger partial charge in [-0.2, -0.15) is 0 Å². The summed E-state index contributed by atoms with van der Waals surface area (Å²) in [7, 11) is 0. The zero-order valence-electron chi connectivity index (χ0n) is 13.8. The number of rotatable bonds is 4. The molecule has 24 heavy (non-hydrogen) atoms. The number of hydrogen-bond acceptors (Lipinski definition) is 3. The normalized spacial score (nSPS) is 18.1. The second-order valence-electron chi connectivity index (χ2n) is 6.62. The Labute approximate surface area is 147 Å². The number of benzene rings is 1. The quantitative estimate of drug-likeness (QED) is 0.928. The van der Waals surface area contributed by atoms with Crippen molar-refractivity contribution in [2.45, 2.75) is 25.4 Å². The Hall–Kier alpha value is -1.85. The fraction of sp³-hybridized carbons (Fsp3) is 0.421. The Balaban J connectivity index is 1.19. The van der Waals surface area contributed by atoms with Crippen LogP contribution in [0.4, 0.5) is 4.79 Å². The molecule has 0 unspecified atom stereocenters. The zero-order chi connectivity index (χ0) is 16.4. The molecule has 1 fully saturated rings. The van der Waals surface area contributed by atoms with Crippen LogP contribution in [0.15, 0.2) is 41.8 Å². The van der Waals surface area contributed by atoms with Crippen molar-refractivity contribution in [1.82, 2.24) is 15.1 Å². The number of carbonyl (C=O) groups is 1. The van der Waals surface area contributed by atoms with Crippen LogP contribution >= 0.6 is 11.3 Å². The molecule has 126 valence electrons. The van der Waals surface area contributed by atoms with Crippen molar-refractivity contribution in [3.8, 4) is 0 Å². The summed E-state index contributed by atoms with van der Waals surface area (Å²) >= 11 is 1.88. The van der Waals surface area contributed by atoms with Gasteiger partial charge in [0.15, 0.2) is 0 Å². The maximum atomic E-state index is 12.2. The van der Waals surface area contributed by atoms with Crippen LogP contribution in [0.25, 0.3) is 0 Å². The van der Waals surface area contributed by atoms with Gasteiger partial charge in [0.25, 0.3) is 0 Å². The summed E-state index contributed by atoms with van der Waals surface area (Å²) in [5.74, 6) is 0. The molecule has 2 aromatic rings. The molecule has 1 aromatic carbocycles. The number of fused-ring (bicyclic) bond motifs is 1. The molecule has 0 saturated carbocycles. The molecule has 4 nitrogen and oxygen atoms in total. The smallest absolute Gasteiger partial charge is 0.317 e. The van der Waals surface area contributed by atoms with Crippen molar-refractivity contribution in [3.05, 3.63) is 57.8 Å². The molecule has 1 N–H and O–H groups in total. The Kier molecular flexibility index (Phi) is 4.54. The van der Waals surface area contributed by atoms with Crippen molar-refractivity contribution in [1.29, 1.82) is 0 Å². The van der Waals surface area contributed by atoms with Gasteiger partial charge in [-0.1, -0.05) is 30.3 Å². The Morgan fingerprint density at radius 1 is 1.21 bits per heavy atom. The van der Waals surface area contributed by atoms with Gasteiger partial charge in [0, 0.05) is 43.6 Å². The maximum absolute atomic E-state index is 12.2. The first kappa shape index (κ1) is 15.7. The molecule has 0 aliphatic carbocycles. The van der Waals surface area contributed by atoms with Crippen LogP contribution in [-0.2, 0) is 19.4 Å². The van der Waals surface area contributed by atoms with E-state index in [-0.39, 0.29) is 6.03 Å². The van der Waals surface area contributed by atoms with Gasteiger partial charge in [0.2, 0.25) is 0 Å². The lowest BCUT2D eigenvalue weighted by Crippen LogP contribution is -2.63. The van der Waals surface area contributed by atoms with E-state index in [2.05, 4.69) is 33.8 Å². The standard InChI is InChI=1S/C19H23N3OS/c23-19(20-9-6-15-4-2-1-3-5-15)22-13-17(14-22)21-10-7-18-16(12-21)8-11-24-18/h1-5,8,11,17H,6-7,9-10,12-14H2,(H,20,23). The van der Waals surface area contributed by atoms with Gasteiger partial charge in [0.05, 0.1) is 0 Å². The monoisotopic (exact) mass is 341 g/mol. The second kappa shape index (κ2) is 6.95. The number of thiophene rings is 1. The minimum absolute atomic E-state index is 0.0791. The number of nitrogens with zero attached hydrogens (tertiary/aromatic N) is 2. The fourth-order valence-electron chi connectivity index (χ4n) is 3.50. The van der Waals surface area contributed by atoms with E-state index in [9.17, 15) is 4.79 Å². The summed E-state index contributed by atoms with van der Waals surface area (Å²) in [6.45, 7) is 4.59. The van der Waals surface area contributed by atoms with Gasteiger partial charge < -0.3 is 10.2 Å². The molecular weight excluding hydrogens is 318 g/mol. The summed E-state index contributed by atoms with van der Waals surface area (Å²) in [5, 5.41) is 5.23. The molecule has 3 heterocycles. The van der Waals surface area contributed by atoms with Crippen LogP contribution in [-0.4, -0.2) is 48.1 Å². The Morgan fingerprint density at radius 2 is 2.04 bits per heavy atom. The highest BCUT2D eigenvalue weighted by atomic mass is 32.1. The van der Waals surface area contributed by atoms with Gasteiger partial charge in [-0.25, -0.2) is 4.79 Å². The van der Waals surface area contributed by atoms with Crippen molar-refractivity contribution < 1.29 is 4.79 Å². The van der Waals surface area contributed by atoms with Crippen molar-refractivity contribution in [3.63, 3.8) is 0 Å². The van der Waals surface area contributed by atoms with Crippen molar-refractivity contribution in [2.24, 2.45) is 0 Å². The minimum atomic E-state index is 0.0791. The van der Waals surface area contributed by atoms with E-state index < -0.39 is 0 Å². The van der Waals surface area contributed by atoms with Gasteiger partial charge >= 0.3 is 6.03 Å². The summed E-state index contributed by atoms with van der Waals surface area (Å²) in [6.07, 6.45) is 2.05. The first-order valence-electron chi connectivity index (χ1n) is 8.65. The predicted octanol–water partition coefficient (Wildman–Crippen LogP) is 2.74. The number of likely N-dealkylation sites (tertiary alicyclic amines) is 1. The summed E-state index contributed by atoms with van der Waals surface area (Å²) in [5.41, 5.74) is 2.75. The summed E-state index contributed by atoms with van der Waals surface area (Å²) in [4.78, 5) is 18.2. The molecule has 0 atom stereocenters. The Morgan fingerprint density at radius 3 is 2.88 bits per heavy atom. The number of amides is 2. The molecule has 0 spiro atoms. The van der Waals surface area contributed by atoms with Crippen molar-refractivity contribution in [2.75, 3.05) is 26.2 Å². The average Bonchev–Trinajstić information content (AvgIpc) is 3.02. The third-order valence-electron chi connectivity index (χ3n) is 5.04. The highest BCUT2D eigenvalue weighted by molar-refractivity contribution is 7.10. The average molecular weight is 341 g/mol. The van der Waals surface area contributed by atoms with E-state index in [4.69, 9.17) is 0 Å². The third kappa shape index (κ3) is 3.32. The van der Waals surface area contributed by atoms with E-state index in [1.807, 2.05) is 34.4 Å². The molecular formula is C19H23N3OS. The second-order valence-corrected chi connectivity index (χ2v) is 7.62. The molecule has 5 heteroatoms. The molecule has 4 rings (SSSR count). The van der Waals surface area contributed by atoms with Crippen LogP contribution in [0, 0.1) is 0 Å². The lowest BCUT2D eigenvalue weighted by molar-refractivity contribution is 0.0489.